The number of carbonyl (C=O) groups excluding carboxylic acids is 1. The van der Waals surface area contributed by atoms with E-state index in [4.69, 9.17) is 0 Å². The largest absolute Gasteiger partial charge is 0.326 e. The van der Waals surface area contributed by atoms with Crippen molar-refractivity contribution < 1.29 is 13.2 Å². The minimum Gasteiger partial charge on any atom is -0.326 e. The van der Waals surface area contributed by atoms with Crippen LogP contribution in [0, 0.1) is 5.92 Å². The molecule has 0 spiro atoms. The molecule has 1 aromatic heterocycles. The highest BCUT2D eigenvalue weighted by Gasteiger charge is 2.18. The van der Waals surface area contributed by atoms with Crippen molar-refractivity contribution in [3.63, 3.8) is 0 Å². The van der Waals surface area contributed by atoms with E-state index in [1.165, 1.54) is 24.5 Å². The molecule has 1 amide bonds. The van der Waals surface area contributed by atoms with Crippen molar-refractivity contribution in [3.8, 4) is 0 Å². The molecule has 1 unspecified atom stereocenters. The zero-order valence-electron chi connectivity index (χ0n) is 15.0. The SMILES string of the molecule is CCCCC(CC)C(=O)Nc1ccc(S(=O)(=O)Nc2ncccn2)cc1. The third kappa shape index (κ3) is 5.52. The second-order valence-corrected chi connectivity index (χ2v) is 7.62. The van der Waals surface area contributed by atoms with Crippen LogP contribution in [0.1, 0.15) is 39.5 Å². The molecule has 1 atom stereocenters. The van der Waals surface area contributed by atoms with Gasteiger partial charge in [-0.25, -0.2) is 23.1 Å². The van der Waals surface area contributed by atoms with Gasteiger partial charge in [-0.1, -0.05) is 26.7 Å². The number of aromatic nitrogens is 2. The van der Waals surface area contributed by atoms with E-state index in [1.807, 2.05) is 6.92 Å². The van der Waals surface area contributed by atoms with Gasteiger partial charge in [-0.3, -0.25) is 4.79 Å². The number of hydrogen-bond acceptors (Lipinski definition) is 5. The van der Waals surface area contributed by atoms with Crippen LogP contribution >= 0.6 is 0 Å². The fourth-order valence-electron chi connectivity index (χ4n) is 2.46. The number of anilines is 2. The normalized spacial score (nSPS) is 12.4. The minimum atomic E-state index is -3.78. The molecule has 0 aliphatic rings. The maximum absolute atomic E-state index is 12.3. The number of rotatable bonds is 9. The molecule has 8 heteroatoms. The van der Waals surface area contributed by atoms with Gasteiger partial charge in [0.1, 0.15) is 0 Å². The Hall–Kier alpha value is -2.48. The molecular formula is C18H24N4O3S. The van der Waals surface area contributed by atoms with Gasteiger partial charge in [-0.05, 0) is 43.2 Å². The molecule has 0 radical (unpaired) electrons. The number of benzene rings is 1. The third-order valence-electron chi connectivity index (χ3n) is 3.99. The monoisotopic (exact) mass is 376 g/mol. The van der Waals surface area contributed by atoms with Crippen LogP contribution in [0.3, 0.4) is 0 Å². The Morgan fingerprint density at radius 3 is 2.35 bits per heavy atom. The number of unbranched alkanes of at least 4 members (excludes halogenated alkanes) is 1. The van der Waals surface area contributed by atoms with Crippen LogP contribution < -0.4 is 10.0 Å². The minimum absolute atomic E-state index is 0.00610. The summed E-state index contributed by atoms with van der Waals surface area (Å²) in [6, 6.07) is 7.62. The molecule has 26 heavy (non-hydrogen) atoms. The molecule has 2 N–H and O–H groups in total. The van der Waals surface area contributed by atoms with Gasteiger partial charge in [-0.2, -0.15) is 0 Å². The highest BCUT2D eigenvalue weighted by Crippen LogP contribution is 2.19. The average Bonchev–Trinajstić information content (AvgIpc) is 2.63. The smallest absolute Gasteiger partial charge is 0.264 e. The Bertz CT molecular complexity index is 808. The number of carbonyl (C=O) groups is 1. The van der Waals surface area contributed by atoms with Gasteiger partial charge in [0, 0.05) is 24.0 Å². The van der Waals surface area contributed by atoms with Gasteiger partial charge in [0.05, 0.1) is 4.90 Å². The van der Waals surface area contributed by atoms with E-state index in [9.17, 15) is 13.2 Å². The lowest BCUT2D eigenvalue weighted by Gasteiger charge is -2.15. The van der Waals surface area contributed by atoms with Gasteiger partial charge in [0.2, 0.25) is 11.9 Å². The molecule has 1 aromatic carbocycles. The highest BCUT2D eigenvalue weighted by molar-refractivity contribution is 7.92. The van der Waals surface area contributed by atoms with Crippen molar-refractivity contribution in [3.05, 3.63) is 42.7 Å². The molecule has 2 aromatic rings. The molecule has 2 rings (SSSR count). The zero-order valence-corrected chi connectivity index (χ0v) is 15.8. The van der Waals surface area contributed by atoms with Crippen molar-refractivity contribution in [1.82, 2.24) is 9.97 Å². The molecule has 0 saturated carbocycles. The summed E-state index contributed by atoms with van der Waals surface area (Å²) in [6.07, 6.45) is 6.59. The maximum atomic E-state index is 12.3. The van der Waals surface area contributed by atoms with Crippen LogP contribution in [-0.2, 0) is 14.8 Å². The van der Waals surface area contributed by atoms with E-state index >= 15 is 0 Å². The number of nitrogens with one attached hydrogen (secondary N) is 2. The van der Waals surface area contributed by atoms with Crippen LogP contribution in [0.25, 0.3) is 0 Å². The Labute approximate surface area is 154 Å². The van der Waals surface area contributed by atoms with Crippen molar-refractivity contribution in [2.75, 3.05) is 10.0 Å². The molecule has 140 valence electrons. The summed E-state index contributed by atoms with van der Waals surface area (Å²) in [7, 11) is -3.78. The van der Waals surface area contributed by atoms with Crippen LogP contribution in [0.15, 0.2) is 47.6 Å². The molecule has 0 aliphatic heterocycles. The summed E-state index contributed by atoms with van der Waals surface area (Å²) >= 11 is 0. The van der Waals surface area contributed by atoms with Crippen molar-refractivity contribution in [2.24, 2.45) is 5.92 Å². The van der Waals surface area contributed by atoms with E-state index in [-0.39, 0.29) is 22.7 Å². The second-order valence-electron chi connectivity index (χ2n) is 5.94. The Morgan fingerprint density at radius 1 is 1.12 bits per heavy atom. The molecule has 0 bridgehead atoms. The average molecular weight is 376 g/mol. The lowest BCUT2D eigenvalue weighted by Crippen LogP contribution is -2.22. The molecule has 0 fully saturated rings. The second kappa shape index (κ2) is 9.28. The summed E-state index contributed by atoms with van der Waals surface area (Å²) in [5, 5.41) is 2.85. The number of nitrogens with zero attached hydrogens (tertiary/aromatic N) is 2. The fourth-order valence-corrected chi connectivity index (χ4v) is 3.42. The van der Waals surface area contributed by atoms with E-state index in [0.29, 0.717) is 5.69 Å². The summed E-state index contributed by atoms with van der Waals surface area (Å²) in [5.74, 6) is -0.0609. The van der Waals surface area contributed by atoms with Crippen LogP contribution in [0.2, 0.25) is 0 Å². The summed E-state index contributed by atoms with van der Waals surface area (Å²) in [6.45, 7) is 4.09. The van der Waals surface area contributed by atoms with Crippen molar-refractivity contribution in [1.29, 1.82) is 0 Å². The number of amides is 1. The highest BCUT2D eigenvalue weighted by atomic mass is 32.2. The maximum Gasteiger partial charge on any atom is 0.264 e. The van der Waals surface area contributed by atoms with Gasteiger partial charge in [0.15, 0.2) is 0 Å². The molecule has 7 nitrogen and oxygen atoms in total. The fraction of sp³-hybridized carbons (Fsp3) is 0.389. The van der Waals surface area contributed by atoms with Gasteiger partial charge < -0.3 is 5.32 Å². The topological polar surface area (TPSA) is 101 Å². The van der Waals surface area contributed by atoms with Crippen molar-refractivity contribution >= 4 is 27.6 Å². The lowest BCUT2D eigenvalue weighted by molar-refractivity contribution is -0.120. The summed E-state index contributed by atoms with van der Waals surface area (Å²) in [4.78, 5) is 20.1. The first-order valence-corrected chi connectivity index (χ1v) is 10.1. The molecular weight excluding hydrogens is 352 g/mol. The quantitative estimate of drug-likeness (QED) is 0.698. The standard InChI is InChI=1S/C18H24N4O3S/c1-3-5-7-14(4-2)17(23)21-15-8-10-16(11-9-15)26(24,25)22-18-19-12-6-13-20-18/h6,8-14H,3-5,7H2,1-2H3,(H,21,23)(H,19,20,22). The molecule has 0 saturated heterocycles. The number of sulfonamides is 1. The summed E-state index contributed by atoms with van der Waals surface area (Å²) < 4.78 is 27.0. The first-order valence-electron chi connectivity index (χ1n) is 8.67. The predicted octanol–water partition coefficient (Wildman–Crippen LogP) is 3.43. The lowest BCUT2D eigenvalue weighted by atomic mass is 9.98. The van der Waals surface area contributed by atoms with E-state index in [0.717, 1.165) is 25.7 Å². The van der Waals surface area contributed by atoms with E-state index in [2.05, 4.69) is 26.9 Å². The Morgan fingerprint density at radius 2 is 1.77 bits per heavy atom. The van der Waals surface area contributed by atoms with Crippen LogP contribution in [0.5, 0.6) is 0 Å². The first-order chi connectivity index (χ1) is 12.5. The Balaban J connectivity index is 2.04. The zero-order chi connectivity index (χ0) is 19.0. The van der Waals surface area contributed by atoms with Crippen LogP contribution in [0.4, 0.5) is 11.6 Å². The number of hydrogen-bond donors (Lipinski definition) is 2. The van der Waals surface area contributed by atoms with Gasteiger partial charge in [0.25, 0.3) is 10.0 Å². The molecule has 1 heterocycles. The third-order valence-corrected chi connectivity index (χ3v) is 5.34. The first kappa shape index (κ1) is 19.8. The van der Waals surface area contributed by atoms with Gasteiger partial charge in [-0.15, -0.1) is 0 Å². The van der Waals surface area contributed by atoms with E-state index < -0.39 is 10.0 Å². The van der Waals surface area contributed by atoms with Gasteiger partial charge >= 0.3 is 0 Å². The van der Waals surface area contributed by atoms with Crippen LogP contribution in [-0.4, -0.2) is 24.3 Å². The Kier molecular flexibility index (Phi) is 7.08. The van der Waals surface area contributed by atoms with E-state index in [1.54, 1.807) is 18.2 Å². The predicted molar refractivity (Wildman–Crippen MR) is 101 cm³/mol. The molecule has 0 aliphatic carbocycles. The summed E-state index contributed by atoms with van der Waals surface area (Å²) in [5.41, 5.74) is 0.569. The van der Waals surface area contributed by atoms with Crippen molar-refractivity contribution in [2.45, 2.75) is 44.4 Å².